The number of sulfonamides is 1. The number of nitrogens with zero attached hydrogens (tertiary/aromatic N) is 2. The summed E-state index contributed by atoms with van der Waals surface area (Å²) in [6.45, 7) is 2.74. The Labute approximate surface area is 95.9 Å². The third-order valence-electron chi connectivity index (χ3n) is 2.94. The van der Waals surface area contributed by atoms with Crippen LogP contribution in [0, 0.1) is 0 Å². The van der Waals surface area contributed by atoms with Gasteiger partial charge < -0.3 is 10.0 Å². The standard InChI is InChI=1S/C9H18N2O4S/c1-7-5-11(16(3,14)15)8(4-9(12)13)6-10(7)2/h7-8H,4-6H2,1-3H3,(H,12,13)/t7-,8-/m0/s1. The fourth-order valence-corrected chi connectivity index (χ4v) is 3.10. The first-order chi connectivity index (χ1) is 7.21. The summed E-state index contributed by atoms with van der Waals surface area (Å²) in [5.74, 6) is -0.971. The Kier molecular flexibility index (Phi) is 3.92. The van der Waals surface area contributed by atoms with Gasteiger partial charge in [0.2, 0.25) is 10.0 Å². The zero-order valence-electron chi connectivity index (χ0n) is 9.75. The Balaban J connectivity index is 2.88. The van der Waals surface area contributed by atoms with Crippen LogP contribution in [0.25, 0.3) is 0 Å². The second kappa shape index (κ2) is 4.68. The van der Waals surface area contributed by atoms with Crippen LogP contribution in [0.5, 0.6) is 0 Å². The third-order valence-corrected chi connectivity index (χ3v) is 4.24. The molecule has 0 aliphatic carbocycles. The first-order valence-electron chi connectivity index (χ1n) is 5.10. The topological polar surface area (TPSA) is 77.9 Å². The van der Waals surface area contributed by atoms with Gasteiger partial charge in [0.15, 0.2) is 0 Å². The highest BCUT2D eigenvalue weighted by molar-refractivity contribution is 7.88. The predicted molar refractivity (Wildman–Crippen MR) is 59.7 cm³/mol. The van der Waals surface area contributed by atoms with Gasteiger partial charge in [-0.2, -0.15) is 4.31 Å². The summed E-state index contributed by atoms with van der Waals surface area (Å²) in [5, 5.41) is 8.76. The first kappa shape index (κ1) is 13.4. The van der Waals surface area contributed by atoms with E-state index in [0.29, 0.717) is 13.1 Å². The molecule has 1 aliphatic heterocycles. The van der Waals surface area contributed by atoms with Crippen molar-refractivity contribution in [1.29, 1.82) is 0 Å². The van der Waals surface area contributed by atoms with E-state index in [4.69, 9.17) is 5.11 Å². The maximum atomic E-state index is 11.5. The van der Waals surface area contributed by atoms with Gasteiger partial charge in [0.25, 0.3) is 0 Å². The van der Waals surface area contributed by atoms with Crippen LogP contribution in [-0.4, -0.2) is 67.2 Å². The summed E-state index contributed by atoms with van der Waals surface area (Å²) >= 11 is 0. The van der Waals surface area contributed by atoms with E-state index in [1.54, 1.807) is 0 Å². The number of likely N-dealkylation sites (N-methyl/N-ethyl adjacent to an activating group) is 1. The van der Waals surface area contributed by atoms with E-state index in [0.717, 1.165) is 6.26 Å². The molecule has 0 aromatic heterocycles. The molecule has 0 spiro atoms. The van der Waals surface area contributed by atoms with Gasteiger partial charge in [0.1, 0.15) is 0 Å². The molecule has 0 aromatic carbocycles. The lowest BCUT2D eigenvalue weighted by atomic mass is 10.1. The lowest BCUT2D eigenvalue weighted by Gasteiger charge is -2.41. The minimum atomic E-state index is -3.33. The number of carboxylic acid groups (broad SMARTS) is 1. The first-order valence-corrected chi connectivity index (χ1v) is 6.95. The van der Waals surface area contributed by atoms with Gasteiger partial charge in [0.05, 0.1) is 12.7 Å². The summed E-state index contributed by atoms with van der Waals surface area (Å²) in [4.78, 5) is 12.7. The van der Waals surface area contributed by atoms with Crippen molar-refractivity contribution in [2.75, 3.05) is 26.4 Å². The van der Waals surface area contributed by atoms with E-state index in [1.165, 1.54) is 4.31 Å². The van der Waals surface area contributed by atoms with E-state index in [1.807, 2.05) is 18.9 Å². The molecule has 0 amide bonds. The molecule has 1 rings (SSSR count). The fourth-order valence-electron chi connectivity index (χ4n) is 1.93. The highest BCUT2D eigenvalue weighted by atomic mass is 32.2. The summed E-state index contributed by atoms with van der Waals surface area (Å²) < 4.78 is 24.4. The molecule has 1 heterocycles. The van der Waals surface area contributed by atoms with Crippen molar-refractivity contribution in [3.63, 3.8) is 0 Å². The van der Waals surface area contributed by atoms with E-state index < -0.39 is 22.0 Å². The molecule has 2 atom stereocenters. The maximum absolute atomic E-state index is 11.5. The Bertz CT molecular complexity index is 368. The highest BCUT2D eigenvalue weighted by Crippen LogP contribution is 2.19. The van der Waals surface area contributed by atoms with Crippen LogP contribution < -0.4 is 0 Å². The quantitative estimate of drug-likeness (QED) is 0.725. The zero-order valence-corrected chi connectivity index (χ0v) is 10.6. The molecular formula is C9H18N2O4S. The van der Waals surface area contributed by atoms with E-state index in [9.17, 15) is 13.2 Å². The van der Waals surface area contributed by atoms with Gasteiger partial charge in [-0.25, -0.2) is 8.42 Å². The van der Waals surface area contributed by atoms with Gasteiger partial charge in [-0.15, -0.1) is 0 Å². The molecule has 0 radical (unpaired) electrons. The highest BCUT2D eigenvalue weighted by Gasteiger charge is 2.35. The van der Waals surface area contributed by atoms with Crippen molar-refractivity contribution in [2.45, 2.75) is 25.4 Å². The van der Waals surface area contributed by atoms with Crippen LogP contribution in [0.1, 0.15) is 13.3 Å². The number of rotatable bonds is 3. The molecule has 0 bridgehead atoms. The number of hydrogen-bond acceptors (Lipinski definition) is 4. The number of hydrogen-bond donors (Lipinski definition) is 1. The summed E-state index contributed by atoms with van der Waals surface area (Å²) in [6, 6.07) is -0.353. The maximum Gasteiger partial charge on any atom is 0.305 e. The lowest BCUT2D eigenvalue weighted by molar-refractivity contribution is -0.138. The second-order valence-electron chi connectivity index (χ2n) is 4.37. The van der Waals surface area contributed by atoms with E-state index in [2.05, 4.69) is 0 Å². The van der Waals surface area contributed by atoms with Gasteiger partial charge in [-0.3, -0.25) is 4.79 Å². The lowest BCUT2D eigenvalue weighted by Crippen LogP contribution is -2.57. The Hall–Kier alpha value is -0.660. The van der Waals surface area contributed by atoms with Crippen LogP contribution in [0.3, 0.4) is 0 Å². The van der Waals surface area contributed by atoms with Crippen LogP contribution >= 0.6 is 0 Å². The van der Waals surface area contributed by atoms with Crippen molar-refractivity contribution in [3.8, 4) is 0 Å². The van der Waals surface area contributed by atoms with E-state index in [-0.39, 0.29) is 12.5 Å². The number of carbonyl (C=O) groups is 1. The summed E-state index contributed by atoms with van der Waals surface area (Å²) in [6.07, 6.45) is 0.976. The monoisotopic (exact) mass is 250 g/mol. The molecule has 1 N–H and O–H groups in total. The van der Waals surface area contributed by atoms with Gasteiger partial charge in [-0.1, -0.05) is 0 Å². The summed E-state index contributed by atoms with van der Waals surface area (Å²) in [5.41, 5.74) is 0. The Morgan fingerprint density at radius 2 is 2.00 bits per heavy atom. The van der Waals surface area contributed by atoms with Crippen LogP contribution in [0.15, 0.2) is 0 Å². The SMILES string of the molecule is C[C@H]1CN(S(C)(=O)=O)[C@@H](CC(=O)O)CN1C. The molecule has 1 fully saturated rings. The smallest absolute Gasteiger partial charge is 0.305 e. The number of carboxylic acids is 1. The zero-order chi connectivity index (χ0) is 12.5. The van der Waals surface area contributed by atoms with Gasteiger partial charge in [-0.05, 0) is 14.0 Å². The molecule has 94 valence electrons. The molecular weight excluding hydrogens is 232 g/mol. The fraction of sp³-hybridized carbons (Fsp3) is 0.889. The molecule has 0 saturated carbocycles. The van der Waals surface area contributed by atoms with Crippen LogP contribution in [-0.2, 0) is 14.8 Å². The molecule has 0 unspecified atom stereocenters. The van der Waals surface area contributed by atoms with Crippen LogP contribution in [0.2, 0.25) is 0 Å². The molecule has 0 aromatic rings. The Morgan fingerprint density at radius 1 is 1.44 bits per heavy atom. The predicted octanol–water partition coefficient (Wildman–Crippen LogP) is -0.575. The van der Waals surface area contributed by atoms with Crippen molar-refractivity contribution in [2.24, 2.45) is 0 Å². The van der Waals surface area contributed by atoms with Crippen molar-refractivity contribution in [1.82, 2.24) is 9.21 Å². The normalized spacial score (nSPS) is 29.2. The minimum absolute atomic E-state index is 0.111. The molecule has 6 nitrogen and oxygen atoms in total. The largest absolute Gasteiger partial charge is 0.481 e. The van der Waals surface area contributed by atoms with Crippen LogP contribution in [0.4, 0.5) is 0 Å². The average molecular weight is 250 g/mol. The minimum Gasteiger partial charge on any atom is -0.481 e. The average Bonchev–Trinajstić information content (AvgIpc) is 2.08. The summed E-state index contributed by atoms with van der Waals surface area (Å²) in [7, 11) is -1.46. The molecule has 1 aliphatic rings. The van der Waals surface area contributed by atoms with Crippen molar-refractivity contribution in [3.05, 3.63) is 0 Å². The molecule has 1 saturated heterocycles. The second-order valence-corrected chi connectivity index (χ2v) is 6.31. The third kappa shape index (κ3) is 3.16. The number of piperazine rings is 1. The van der Waals surface area contributed by atoms with Crippen molar-refractivity contribution < 1.29 is 18.3 Å². The Morgan fingerprint density at radius 3 is 2.44 bits per heavy atom. The van der Waals surface area contributed by atoms with E-state index >= 15 is 0 Å². The molecule has 7 heteroatoms. The molecule has 16 heavy (non-hydrogen) atoms. The van der Waals surface area contributed by atoms with Gasteiger partial charge >= 0.3 is 5.97 Å². The number of aliphatic carboxylic acids is 1. The van der Waals surface area contributed by atoms with Crippen molar-refractivity contribution >= 4 is 16.0 Å². The van der Waals surface area contributed by atoms with Gasteiger partial charge in [0, 0.05) is 25.2 Å².